The van der Waals surface area contributed by atoms with Crippen molar-refractivity contribution in [2.45, 2.75) is 33.1 Å². The summed E-state index contributed by atoms with van der Waals surface area (Å²) in [6.45, 7) is 3.08. The molecule has 0 unspecified atom stereocenters. The Bertz CT molecular complexity index is 102. The molecule has 0 fully saturated rings. The van der Waals surface area contributed by atoms with Gasteiger partial charge in [0.05, 0.1) is 0 Å². The molecule has 0 saturated heterocycles. The van der Waals surface area contributed by atoms with E-state index >= 15 is 0 Å². The second kappa shape index (κ2) is 4.24. The Labute approximate surface area is 55.3 Å². The minimum atomic E-state index is 0.163. The molecular weight excluding hydrogens is 116 g/mol. The van der Waals surface area contributed by atoms with E-state index in [0.717, 1.165) is 0 Å². The molecule has 0 radical (unpaired) electrons. The first kappa shape index (κ1) is 8.34. The summed E-state index contributed by atoms with van der Waals surface area (Å²) >= 11 is 0. The van der Waals surface area contributed by atoms with Crippen molar-refractivity contribution >= 4 is 11.6 Å². The molecule has 0 aromatic heterocycles. The van der Waals surface area contributed by atoms with Gasteiger partial charge in [-0.1, -0.05) is 0 Å². The molecule has 0 rings (SSSR count). The lowest BCUT2D eigenvalue weighted by atomic mass is 10.1. The largest absolute Gasteiger partial charge is 0.300 e. The maximum atomic E-state index is 10.3. The zero-order valence-corrected chi connectivity index (χ0v) is 5.94. The Morgan fingerprint density at radius 3 is 1.56 bits per heavy atom. The first-order valence-corrected chi connectivity index (χ1v) is 3.12. The number of Topliss-reactive ketones (excluding diaryl/α,β-unsaturated/α-hetero) is 2. The maximum absolute atomic E-state index is 10.3. The van der Waals surface area contributed by atoms with Gasteiger partial charge in [-0.25, -0.2) is 0 Å². The van der Waals surface area contributed by atoms with Gasteiger partial charge in [-0.05, 0) is 20.3 Å². The van der Waals surface area contributed by atoms with Crippen LogP contribution in [0.4, 0.5) is 0 Å². The van der Waals surface area contributed by atoms with Crippen LogP contribution in [0.3, 0.4) is 0 Å². The Morgan fingerprint density at radius 2 is 1.33 bits per heavy atom. The highest BCUT2D eigenvalue weighted by Gasteiger charge is 1.95. The van der Waals surface area contributed by atoms with Crippen LogP contribution in [0.5, 0.6) is 0 Å². The normalized spacial score (nSPS) is 9.11. The molecule has 0 atom stereocenters. The van der Waals surface area contributed by atoms with Crippen LogP contribution in [-0.4, -0.2) is 11.6 Å². The monoisotopic (exact) mass is 128 g/mol. The molecule has 0 saturated carbocycles. The standard InChI is InChI=1S/C7H12O2/c1-6(8)4-3-5-7(2)9/h3-5H2,1-2H3. The van der Waals surface area contributed by atoms with E-state index in [0.29, 0.717) is 19.3 Å². The fourth-order valence-corrected chi connectivity index (χ4v) is 0.586. The molecular formula is C7H12O2. The predicted molar refractivity (Wildman–Crippen MR) is 35.2 cm³/mol. The highest BCUT2D eigenvalue weighted by Crippen LogP contribution is 1.95. The van der Waals surface area contributed by atoms with Gasteiger partial charge in [-0.2, -0.15) is 0 Å². The molecule has 0 aliphatic rings. The first-order valence-electron chi connectivity index (χ1n) is 3.12. The summed E-state index contributed by atoms with van der Waals surface area (Å²) in [6.07, 6.45) is 1.80. The van der Waals surface area contributed by atoms with Crippen LogP contribution in [0, 0.1) is 0 Å². The van der Waals surface area contributed by atoms with Gasteiger partial charge in [0.1, 0.15) is 11.6 Å². The van der Waals surface area contributed by atoms with Crippen molar-refractivity contribution in [3.05, 3.63) is 0 Å². The lowest BCUT2D eigenvalue weighted by Crippen LogP contribution is -1.93. The van der Waals surface area contributed by atoms with E-state index in [9.17, 15) is 9.59 Å². The number of ketones is 2. The summed E-state index contributed by atoms with van der Waals surface area (Å²) in [5, 5.41) is 0. The lowest BCUT2D eigenvalue weighted by molar-refractivity contribution is -0.118. The van der Waals surface area contributed by atoms with Crippen LogP contribution in [0.15, 0.2) is 0 Å². The molecule has 52 valence electrons. The molecule has 0 aliphatic heterocycles. The number of carbonyl (C=O) groups excluding carboxylic acids is 2. The third kappa shape index (κ3) is 7.34. The third-order valence-corrected chi connectivity index (χ3v) is 1.06. The smallest absolute Gasteiger partial charge is 0.129 e. The Kier molecular flexibility index (Phi) is 3.93. The van der Waals surface area contributed by atoms with Crippen molar-refractivity contribution in [3.8, 4) is 0 Å². The van der Waals surface area contributed by atoms with Gasteiger partial charge in [0.2, 0.25) is 0 Å². The molecule has 0 spiro atoms. The van der Waals surface area contributed by atoms with Gasteiger partial charge in [0, 0.05) is 12.8 Å². The van der Waals surface area contributed by atoms with Crippen LogP contribution in [0.25, 0.3) is 0 Å². The second-order valence-corrected chi connectivity index (χ2v) is 2.26. The van der Waals surface area contributed by atoms with E-state index in [-0.39, 0.29) is 11.6 Å². The Balaban J connectivity index is 3.10. The SMILES string of the molecule is CC(=O)CCCC(C)=O. The van der Waals surface area contributed by atoms with Crippen molar-refractivity contribution < 1.29 is 9.59 Å². The minimum absolute atomic E-state index is 0.163. The van der Waals surface area contributed by atoms with Gasteiger partial charge in [0.25, 0.3) is 0 Å². The van der Waals surface area contributed by atoms with Crippen molar-refractivity contribution in [1.82, 2.24) is 0 Å². The van der Waals surface area contributed by atoms with E-state index in [1.54, 1.807) is 13.8 Å². The van der Waals surface area contributed by atoms with Crippen LogP contribution in [0.1, 0.15) is 33.1 Å². The maximum Gasteiger partial charge on any atom is 0.129 e. The summed E-state index contributed by atoms with van der Waals surface area (Å²) in [6, 6.07) is 0. The summed E-state index contributed by atoms with van der Waals surface area (Å²) in [7, 11) is 0. The number of hydrogen-bond donors (Lipinski definition) is 0. The number of carbonyl (C=O) groups is 2. The summed E-state index contributed by atoms with van der Waals surface area (Å²) < 4.78 is 0. The number of rotatable bonds is 4. The molecule has 2 heteroatoms. The second-order valence-electron chi connectivity index (χ2n) is 2.26. The number of hydrogen-bond acceptors (Lipinski definition) is 2. The van der Waals surface area contributed by atoms with Gasteiger partial charge in [0.15, 0.2) is 0 Å². The van der Waals surface area contributed by atoms with E-state index < -0.39 is 0 Å². The van der Waals surface area contributed by atoms with E-state index in [1.165, 1.54) is 0 Å². The van der Waals surface area contributed by atoms with Crippen molar-refractivity contribution in [2.75, 3.05) is 0 Å². The molecule has 2 nitrogen and oxygen atoms in total. The predicted octanol–water partition coefficient (Wildman–Crippen LogP) is 1.33. The highest BCUT2D eigenvalue weighted by atomic mass is 16.1. The summed E-state index contributed by atoms with van der Waals surface area (Å²) in [4.78, 5) is 20.6. The van der Waals surface area contributed by atoms with E-state index in [2.05, 4.69) is 0 Å². The van der Waals surface area contributed by atoms with Crippen molar-refractivity contribution in [3.63, 3.8) is 0 Å². The fraction of sp³-hybridized carbons (Fsp3) is 0.714. The molecule has 0 bridgehead atoms. The molecule has 0 N–H and O–H groups in total. The lowest BCUT2D eigenvalue weighted by Gasteiger charge is -1.90. The van der Waals surface area contributed by atoms with Crippen LogP contribution >= 0.6 is 0 Å². The fourth-order valence-electron chi connectivity index (χ4n) is 0.586. The summed E-state index contributed by atoms with van der Waals surface area (Å²) in [5.41, 5.74) is 0. The van der Waals surface area contributed by atoms with Crippen LogP contribution in [0.2, 0.25) is 0 Å². The van der Waals surface area contributed by atoms with Crippen LogP contribution < -0.4 is 0 Å². The van der Waals surface area contributed by atoms with E-state index in [4.69, 9.17) is 0 Å². The van der Waals surface area contributed by atoms with Gasteiger partial charge in [-0.3, -0.25) is 0 Å². The third-order valence-electron chi connectivity index (χ3n) is 1.06. The molecule has 0 aliphatic carbocycles. The molecule has 9 heavy (non-hydrogen) atoms. The average Bonchev–Trinajstić information content (AvgIpc) is 1.63. The topological polar surface area (TPSA) is 34.1 Å². The Hall–Kier alpha value is -0.660. The molecule has 0 heterocycles. The zero-order valence-electron chi connectivity index (χ0n) is 5.94. The average molecular weight is 128 g/mol. The highest BCUT2D eigenvalue weighted by molar-refractivity contribution is 5.78. The quantitative estimate of drug-likeness (QED) is 0.572. The van der Waals surface area contributed by atoms with Gasteiger partial charge < -0.3 is 9.59 Å². The van der Waals surface area contributed by atoms with Crippen LogP contribution in [-0.2, 0) is 9.59 Å². The van der Waals surface area contributed by atoms with Crippen molar-refractivity contribution in [1.29, 1.82) is 0 Å². The molecule has 0 amide bonds. The molecule has 0 aromatic rings. The molecule has 0 aromatic carbocycles. The van der Waals surface area contributed by atoms with Crippen molar-refractivity contribution in [2.24, 2.45) is 0 Å². The van der Waals surface area contributed by atoms with Gasteiger partial charge >= 0.3 is 0 Å². The first-order chi connectivity index (χ1) is 4.13. The zero-order chi connectivity index (χ0) is 7.28. The van der Waals surface area contributed by atoms with E-state index in [1.807, 2.05) is 0 Å². The summed E-state index contributed by atoms with van der Waals surface area (Å²) in [5.74, 6) is 0.326. The Morgan fingerprint density at radius 1 is 1.00 bits per heavy atom. The van der Waals surface area contributed by atoms with Gasteiger partial charge in [-0.15, -0.1) is 0 Å². The minimum Gasteiger partial charge on any atom is -0.300 e.